The second-order valence-corrected chi connectivity index (χ2v) is 4.40. The standard InChI is InChI=1S/C12H13ClN2O3/c13-10-3-8(4-14)1-2-9(10)5-15-11(16)6-18-7-12(15)17/h1-3H,4-7,14H2. The first-order valence-corrected chi connectivity index (χ1v) is 5.88. The third-order valence-corrected chi connectivity index (χ3v) is 3.09. The molecule has 1 fully saturated rings. The third-order valence-electron chi connectivity index (χ3n) is 2.73. The van der Waals surface area contributed by atoms with E-state index in [4.69, 9.17) is 22.1 Å². The highest BCUT2D eigenvalue weighted by atomic mass is 35.5. The Balaban J connectivity index is 2.17. The summed E-state index contributed by atoms with van der Waals surface area (Å²) >= 11 is 6.09. The molecule has 1 aliphatic heterocycles. The molecule has 2 rings (SSSR count). The van der Waals surface area contributed by atoms with Crippen molar-refractivity contribution in [1.82, 2.24) is 4.90 Å². The maximum Gasteiger partial charge on any atom is 0.255 e. The van der Waals surface area contributed by atoms with Gasteiger partial charge in [0.25, 0.3) is 11.8 Å². The zero-order valence-corrected chi connectivity index (χ0v) is 10.4. The Morgan fingerprint density at radius 1 is 1.28 bits per heavy atom. The van der Waals surface area contributed by atoms with Crippen molar-refractivity contribution in [3.8, 4) is 0 Å². The lowest BCUT2D eigenvalue weighted by Gasteiger charge is -2.25. The van der Waals surface area contributed by atoms with E-state index in [-0.39, 0.29) is 31.6 Å². The van der Waals surface area contributed by atoms with Crippen molar-refractivity contribution >= 4 is 23.4 Å². The lowest BCUT2D eigenvalue weighted by atomic mass is 10.1. The van der Waals surface area contributed by atoms with Gasteiger partial charge in [-0.1, -0.05) is 23.7 Å². The van der Waals surface area contributed by atoms with Crippen LogP contribution in [0.15, 0.2) is 18.2 Å². The van der Waals surface area contributed by atoms with Crippen LogP contribution in [-0.4, -0.2) is 29.9 Å². The van der Waals surface area contributed by atoms with Gasteiger partial charge in [-0.2, -0.15) is 0 Å². The average molecular weight is 269 g/mol. The minimum Gasteiger partial charge on any atom is -0.362 e. The van der Waals surface area contributed by atoms with E-state index in [1.54, 1.807) is 12.1 Å². The smallest absolute Gasteiger partial charge is 0.255 e. The van der Waals surface area contributed by atoms with Gasteiger partial charge in [-0.05, 0) is 17.2 Å². The number of hydrogen-bond donors (Lipinski definition) is 1. The minimum atomic E-state index is -0.342. The fourth-order valence-electron chi connectivity index (χ4n) is 1.71. The summed E-state index contributed by atoms with van der Waals surface area (Å²) < 4.78 is 4.84. The Morgan fingerprint density at radius 2 is 1.94 bits per heavy atom. The number of rotatable bonds is 3. The maximum atomic E-state index is 11.6. The highest BCUT2D eigenvalue weighted by Crippen LogP contribution is 2.20. The lowest BCUT2D eigenvalue weighted by molar-refractivity contribution is -0.159. The summed E-state index contributed by atoms with van der Waals surface area (Å²) in [7, 11) is 0. The first kappa shape index (κ1) is 13.0. The van der Waals surface area contributed by atoms with Crippen molar-refractivity contribution in [1.29, 1.82) is 0 Å². The van der Waals surface area contributed by atoms with Gasteiger partial charge in [-0.15, -0.1) is 0 Å². The summed E-state index contributed by atoms with van der Waals surface area (Å²) in [6, 6.07) is 5.35. The number of nitrogens with zero attached hydrogens (tertiary/aromatic N) is 1. The molecule has 5 nitrogen and oxygen atoms in total. The summed E-state index contributed by atoms with van der Waals surface area (Å²) in [5.74, 6) is -0.685. The molecule has 0 bridgehead atoms. The molecule has 18 heavy (non-hydrogen) atoms. The fraction of sp³-hybridized carbons (Fsp3) is 0.333. The fourth-order valence-corrected chi connectivity index (χ4v) is 1.98. The van der Waals surface area contributed by atoms with E-state index in [1.807, 2.05) is 6.07 Å². The number of nitrogens with two attached hydrogens (primary N) is 1. The second-order valence-electron chi connectivity index (χ2n) is 4.00. The van der Waals surface area contributed by atoms with Crippen LogP contribution in [-0.2, 0) is 27.4 Å². The number of halogens is 1. The van der Waals surface area contributed by atoms with E-state index >= 15 is 0 Å². The molecule has 0 unspecified atom stereocenters. The van der Waals surface area contributed by atoms with E-state index in [0.29, 0.717) is 11.6 Å². The normalized spacial score (nSPS) is 16.2. The average Bonchev–Trinajstić information content (AvgIpc) is 2.35. The van der Waals surface area contributed by atoms with Crippen LogP contribution in [0.25, 0.3) is 0 Å². The molecule has 1 heterocycles. The summed E-state index contributed by atoms with van der Waals surface area (Å²) in [5, 5.41) is 0.505. The van der Waals surface area contributed by atoms with Crippen molar-refractivity contribution in [2.24, 2.45) is 5.73 Å². The van der Waals surface area contributed by atoms with Crippen LogP contribution in [0.1, 0.15) is 11.1 Å². The van der Waals surface area contributed by atoms with Gasteiger partial charge in [0.15, 0.2) is 0 Å². The van der Waals surface area contributed by atoms with Gasteiger partial charge in [0.1, 0.15) is 13.2 Å². The van der Waals surface area contributed by atoms with Crippen LogP contribution in [0.5, 0.6) is 0 Å². The van der Waals surface area contributed by atoms with Crippen molar-refractivity contribution in [3.05, 3.63) is 34.3 Å². The van der Waals surface area contributed by atoms with Crippen molar-refractivity contribution in [2.45, 2.75) is 13.1 Å². The van der Waals surface area contributed by atoms with E-state index in [0.717, 1.165) is 16.0 Å². The summed E-state index contributed by atoms with van der Waals surface area (Å²) in [6.45, 7) is 0.439. The molecule has 6 heteroatoms. The Kier molecular flexibility index (Phi) is 3.96. The zero-order valence-electron chi connectivity index (χ0n) is 9.69. The summed E-state index contributed by atoms with van der Waals surface area (Å²) in [5.41, 5.74) is 7.13. The minimum absolute atomic E-state index is 0.0652. The summed E-state index contributed by atoms with van der Waals surface area (Å²) in [4.78, 5) is 24.3. The molecule has 0 saturated carbocycles. The molecule has 1 aromatic carbocycles. The molecule has 0 radical (unpaired) electrons. The lowest BCUT2D eigenvalue weighted by Crippen LogP contribution is -2.45. The molecule has 1 aliphatic rings. The number of imide groups is 1. The Morgan fingerprint density at radius 3 is 2.50 bits per heavy atom. The monoisotopic (exact) mass is 268 g/mol. The Bertz CT molecular complexity index is 474. The third kappa shape index (κ3) is 2.69. The van der Waals surface area contributed by atoms with Crippen LogP contribution in [0.2, 0.25) is 5.02 Å². The molecule has 1 saturated heterocycles. The highest BCUT2D eigenvalue weighted by molar-refractivity contribution is 6.31. The summed E-state index contributed by atoms with van der Waals surface area (Å²) in [6.07, 6.45) is 0. The Hall–Kier alpha value is -1.43. The van der Waals surface area contributed by atoms with Gasteiger partial charge in [0.05, 0.1) is 6.54 Å². The first-order chi connectivity index (χ1) is 8.61. The van der Waals surface area contributed by atoms with E-state index in [1.165, 1.54) is 0 Å². The van der Waals surface area contributed by atoms with Crippen LogP contribution >= 0.6 is 11.6 Å². The van der Waals surface area contributed by atoms with Gasteiger partial charge in [-0.25, -0.2) is 0 Å². The van der Waals surface area contributed by atoms with Gasteiger partial charge < -0.3 is 10.5 Å². The van der Waals surface area contributed by atoms with Gasteiger partial charge in [0.2, 0.25) is 0 Å². The molecule has 96 valence electrons. The number of hydrogen-bond acceptors (Lipinski definition) is 4. The van der Waals surface area contributed by atoms with E-state index in [2.05, 4.69) is 0 Å². The molecule has 0 aliphatic carbocycles. The van der Waals surface area contributed by atoms with Gasteiger partial charge in [0, 0.05) is 11.6 Å². The number of benzene rings is 1. The molecular formula is C12H13ClN2O3. The second kappa shape index (κ2) is 5.48. The van der Waals surface area contributed by atoms with Crippen LogP contribution in [0.4, 0.5) is 0 Å². The van der Waals surface area contributed by atoms with Crippen molar-refractivity contribution < 1.29 is 14.3 Å². The van der Waals surface area contributed by atoms with Crippen LogP contribution in [0.3, 0.4) is 0 Å². The van der Waals surface area contributed by atoms with Gasteiger partial charge in [-0.3, -0.25) is 14.5 Å². The maximum absolute atomic E-state index is 11.6. The molecule has 2 amide bonds. The predicted octanol–water partition coefficient (Wildman–Crippen LogP) is 0.684. The first-order valence-electron chi connectivity index (χ1n) is 5.50. The topological polar surface area (TPSA) is 72.6 Å². The quantitative estimate of drug-likeness (QED) is 0.819. The predicted molar refractivity (Wildman–Crippen MR) is 65.7 cm³/mol. The zero-order chi connectivity index (χ0) is 13.1. The SMILES string of the molecule is NCc1ccc(CN2C(=O)COCC2=O)c(Cl)c1. The van der Waals surface area contributed by atoms with E-state index in [9.17, 15) is 9.59 Å². The molecule has 1 aromatic rings. The number of morpholine rings is 1. The molecule has 0 spiro atoms. The molecule has 0 atom stereocenters. The Labute approximate surface area is 109 Å². The van der Waals surface area contributed by atoms with E-state index < -0.39 is 0 Å². The molecule has 2 N–H and O–H groups in total. The largest absolute Gasteiger partial charge is 0.362 e. The van der Waals surface area contributed by atoms with Gasteiger partial charge >= 0.3 is 0 Å². The number of carbonyl (C=O) groups excluding carboxylic acids is 2. The number of ether oxygens (including phenoxy) is 1. The highest BCUT2D eigenvalue weighted by Gasteiger charge is 2.27. The number of amides is 2. The number of carbonyl (C=O) groups is 2. The van der Waals surface area contributed by atoms with Crippen molar-refractivity contribution in [2.75, 3.05) is 13.2 Å². The molecule has 0 aromatic heterocycles. The van der Waals surface area contributed by atoms with Crippen LogP contribution < -0.4 is 5.73 Å². The van der Waals surface area contributed by atoms with Crippen LogP contribution in [0, 0.1) is 0 Å². The molecular weight excluding hydrogens is 256 g/mol. The van der Waals surface area contributed by atoms with Crippen molar-refractivity contribution in [3.63, 3.8) is 0 Å².